The molecule has 1 fully saturated rings. The van der Waals surface area contributed by atoms with Gasteiger partial charge >= 0.3 is 0 Å². The summed E-state index contributed by atoms with van der Waals surface area (Å²) in [6.45, 7) is 4.37. The van der Waals surface area contributed by atoms with Crippen molar-refractivity contribution in [3.05, 3.63) is 11.1 Å². The van der Waals surface area contributed by atoms with Crippen molar-refractivity contribution in [2.75, 3.05) is 18.8 Å². The maximum Gasteiger partial charge on any atom is 0.217 e. The quantitative estimate of drug-likeness (QED) is 0.804. The number of amides is 1. The lowest BCUT2D eigenvalue weighted by molar-refractivity contribution is -0.119. The van der Waals surface area contributed by atoms with Crippen LogP contribution in [0.5, 0.6) is 0 Å². The van der Waals surface area contributed by atoms with Crippen molar-refractivity contribution in [1.82, 2.24) is 15.2 Å². The molecule has 1 aromatic heterocycles. The van der Waals surface area contributed by atoms with Crippen molar-refractivity contribution in [2.45, 2.75) is 25.9 Å². The highest BCUT2D eigenvalue weighted by Crippen LogP contribution is 2.19. The summed E-state index contributed by atoms with van der Waals surface area (Å²) >= 11 is 1.53. The van der Waals surface area contributed by atoms with E-state index in [1.807, 2.05) is 6.20 Å². The third-order valence-corrected chi connectivity index (χ3v) is 3.44. The molecule has 2 heterocycles. The van der Waals surface area contributed by atoms with E-state index < -0.39 is 0 Å². The Kier molecular flexibility index (Phi) is 3.40. The van der Waals surface area contributed by atoms with E-state index in [-0.39, 0.29) is 5.91 Å². The van der Waals surface area contributed by atoms with Crippen molar-refractivity contribution in [1.29, 1.82) is 0 Å². The fourth-order valence-electron chi connectivity index (χ4n) is 2.00. The number of aromatic nitrogens is 1. The predicted octanol–water partition coefficient (Wildman–Crippen LogP) is 0.436. The molecule has 3 N–H and O–H groups in total. The maximum atomic E-state index is 10.9. The van der Waals surface area contributed by atoms with Crippen molar-refractivity contribution in [3.63, 3.8) is 0 Å². The number of likely N-dealkylation sites (tertiary alicyclic amines) is 1. The third kappa shape index (κ3) is 2.93. The number of rotatable bonds is 3. The van der Waals surface area contributed by atoms with E-state index in [2.05, 4.69) is 15.2 Å². The molecule has 0 spiro atoms. The summed E-state index contributed by atoms with van der Waals surface area (Å²) in [6.07, 6.45) is 2.85. The van der Waals surface area contributed by atoms with Crippen molar-refractivity contribution in [3.8, 4) is 0 Å². The smallest absolute Gasteiger partial charge is 0.217 e. The highest BCUT2D eigenvalue weighted by molar-refractivity contribution is 7.15. The second-order valence-electron chi connectivity index (χ2n) is 4.09. The number of hydrogen-bond donors (Lipinski definition) is 2. The Hall–Kier alpha value is -1.14. The monoisotopic (exact) mass is 240 g/mol. The minimum atomic E-state index is 0.0499. The van der Waals surface area contributed by atoms with Gasteiger partial charge in [0.1, 0.15) is 0 Å². The molecule has 6 heteroatoms. The number of anilines is 1. The summed E-state index contributed by atoms with van der Waals surface area (Å²) in [5.74, 6) is 0.0499. The van der Waals surface area contributed by atoms with Crippen molar-refractivity contribution < 1.29 is 4.79 Å². The number of nitrogens with two attached hydrogens (primary N) is 1. The van der Waals surface area contributed by atoms with Crippen LogP contribution >= 0.6 is 11.3 Å². The predicted molar refractivity (Wildman–Crippen MR) is 64.0 cm³/mol. The molecule has 1 aliphatic heterocycles. The molecule has 1 saturated heterocycles. The van der Waals surface area contributed by atoms with Crippen LogP contribution in [0.4, 0.5) is 5.13 Å². The lowest BCUT2D eigenvalue weighted by atomic mass is 10.3. The summed E-state index contributed by atoms with van der Waals surface area (Å²) < 4.78 is 0. The standard InChI is InChI=1S/C10H16N4OS/c1-7(15)13-8-2-3-14(5-8)6-9-4-12-10(11)16-9/h4,8H,2-3,5-6H2,1H3,(H2,11,12)(H,13,15). The maximum absolute atomic E-state index is 10.9. The second kappa shape index (κ2) is 4.80. The van der Waals surface area contributed by atoms with Gasteiger partial charge in [0.2, 0.25) is 5.91 Å². The summed E-state index contributed by atoms with van der Waals surface area (Å²) in [7, 11) is 0. The Morgan fingerprint density at radius 2 is 2.62 bits per heavy atom. The third-order valence-electron chi connectivity index (χ3n) is 2.63. The molecule has 5 nitrogen and oxygen atoms in total. The number of hydrogen-bond acceptors (Lipinski definition) is 5. The number of carbonyl (C=O) groups is 1. The Bertz CT molecular complexity index is 379. The SMILES string of the molecule is CC(=O)NC1CCN(Cc2cnc(N)s2)C1. The molecule has 0 bridgehead atoms. The molecular weight excluding hydrogens is 224 g/mol. The Morgan fingerprint density at radius 3 is 3.25 bits per heavy atom. The first-order valence-corrected chi connectivity index (χ1v) is 6.15. The fourth-order valence-corrected chi connectivity index (χ4v) is 2.72. The van der Waals surface area contributed by atoms with E-state index in [9.17, 15) is 4.79 Å². The zero-order valence-corrected chi connectivity index (χ0v) is 10.1. The number of carbonyl (C=O) groups excluding carboxylic acids is 1. The summed E-state index contributed by atoms with van der Waals surface area (Å²) in [6, 6.07) is 0.294. The fraction of sp³-hybridized carbons (Fsp3) is 0.600. The molecule has 0 radical (unpaired) electrons. The van der Waals surface area contributed by atoms with Crippen LogP contribution in [0, 0.1) is 0 Å². The number of thiazole rings is 1. The first kappa shape index (κ1) is 11.3. The van der Waals surface area contributed by atoms with Gasteiger partial charge in [0.05, 0.1) is 0 Å². The van der Waals surface area contributed by atoms with Gasteiger partial charge in [-0.25, -0.2) is 4.98 Å². The first-order chi connectivity index (χ1) is 7.63. The van der Waals surface area contributed by atoms with Crippen LogP contribution in [0.1, 0.15) is 18.2 Å². The van der Waals surface area contributed by atoms with E-state index in [4.69, 9.17) is 5.73 Å². The summed E-state index contributed by atoms with van der Waals surface area (Å²) in [4.78, 5) is 18.4. The molecule has 2 rings (SSSR count). The van der Waals surface area contributed by atoms with Crippen molar-refractivity contribution >= 4 is 22.4 Å². The molecular formula is C10H16N4OS. The lowest BCUT2D eigenvalue weighted by Gasteiger charge is -2.14. The number of nitrogens with one attached hydrogen (secondary N) is 1. The molecule has 1 unspecified atom stereocenters. The summed E-state index contributed by atoms with van der Waals surface area (Å²) in [5.41, 5.74) is 5.58. The number of nitrogen functional groups attached to an aromatic ring is 1. The highest BCUT2D eigenvalue weighted by Gasteiger charge is 2.23. The molecule has 0 aromatic carbocycles. The van der Waals surface area contributed by atoms with Gasteiger partial charge < -0.3 is 11.1 Å². The van der Waals surface area contributed by atoms with Gasteiger partial charge in [-0.15, -0.1) is 11.3 Å². The van der Waals surface area contributed by atoms with E-state index in [0.29, 0.717) is 11.2 Å². The van der Waals surface area contributed by atoms with Crippen LogP contribution in [0.3, 0.4) is 0 Å². The average molecular weight is 240 g/mol. The Labute approximate surface area is 98.7 Å². The lowest BCUT2D eigenvalue weighted by Crippen LogP contribution is -2.35. The van der Waals surface area contributed by atoms with Gasteiger partial charge in [0.25, 0.3) is 0 Å². The van der Waals surface area contributed by atoms with Crippen LogP contribution in [-0.4, -0.2) is 34.9 Å². The zero-order chi connectivity index (χ0) is 11.5. The highest BCUT2D eigenvalue weighted by atomic mass is 32.1. The molecule has 1 aliphatic rings. The normalized spacial score (nSPS) is 21.2. The second-order valence-corrected chi connectivity index (χ2v) is 5.23. The largest absolute Gasteiger partial charge is 0.375 e. The van der Waals surface area contributed by atoms with Gasteiger partial charge in [0, 0.05) is 43.7 Å². The van der Waals surface area contributed by atoms with E-state index >= 15 is 0 Å². The van der Waals surface area contributed by atoms with Crippen LogP contribution in [0.15, 0.2) is 6.20 Å². The summed E-state index contributed by atoms with van der Waals surface area (Å²) in [5, 5.41) is 3.56. The molecule has 1 amide bonds. The van der Waals surface area contributed by atoms with E-state index in [1.54, 1.807) is 6.92 Å². The zero-order valence-electron chi connectivity index (χ0n) is 9.27. The first-order valence-electron chi connectivity index (χ1n) is 5.33. The van der Waals surface area contributed by atoms with Gasteiger partial charge in [-0.05, 0) is 6.42 Å². The van der Waals surface area contributed by atoms with Gasteiger partial charge in [-0.3, -0.25) is 9.69 Å². The van der Waals surface area contributed by atoms with Gasteiger partial charge in [0.15, 0.2) is 5.13 Å². The van der Waals surface area contributed by atoms with Crippen LogP contribution < -0.4 is 11.1 Å². The van der Waals surface area contributed by atoms with E-state index in [0.717, 1.165) is 26.1 Å². The van der Waals surface area contributed by atoms with Crippen LogP contribution in [-0.2, 0) is 11.3 Å². The molecule has 1 aromatic rings. The molecule has 88 valence electrons. The average Bonchev–Trinajstić information content (AvgIpc) is 2.76. The van der Waals surface area contributed by atoms with E-state index in [1.165, 1.54) is 16.2 Å². The topological polar surface area (TPSA) is 71.2 Å². The van der Waals surface area contributed by atoms with Crippen LogP contribution in [0.2, 0.25) is 0 Å². The Balaban J connectivity index is 1.82. The molecule has 0 saturated carbocycles. The number of nitrogens with zero attached hydrogens (tertiary/aromatic N) is 2. The minimum absolute atomic E-state index is 0.0499. The molecule has 0 aliphatic carbocycles. The molecule has 1 atom stereocenters. The minimum Gasteiger partial charge on any atom is -0.375 e. The van der Waals surface area contributed by atoms with Crippen molar-refractivity contribution in [2.24, 2.45) is 0 Å². The molecule has 16 heavy (non-hydrogen) atoms. The van der Waals surface area contributed by atoms with Crippen LogP contribution in [0.25, 0.3) is 0 Å². The van der Waals surface area contributed by atoms with Gasteiger partial charge in [-0.1, -0.05) is 0 Å². The Morgan fingerprint density at radius 1 is 1.81 bits per heavy atom. The van der Waals surface area contributed by atoms with Gasteiger partial charge in [-0.2, -0.15) is 0 Å².